The van der Waals surface area contributed by atoms with E-state index in [0.717, 1.165) is 11.3 Å². The molecule has 1 nitrogen and oxygen atoms in total. The Morgan fingerprint density at radius 1 is 1.50 bits per heavy atom. The second-order valence-electron chi connectivity index (χ2n) is 3.66. The average molecular weight is 211 g/mol. The number of thioether (sulfide) groups is 1. The normalized spacial score (nSPS) is 27.6. The van der Waals surface area contributed by atoms with E-state index >= 15 is 0 Å². The Labute approximate surface area is 88.1 Å². The van der Waals surface area contributed by atoms with Crippen LogP contribution in [-0.4, -0.2) is 11.8 Å². The molecule has 0 spiro atoms. The summed E-state index contributed by atoms with van der Waals surface area (Å²) in [6.45, 7) is 2.17. The summed E-state index contributed by atoms with van der Waals surface area (Å²) in [6, 6.07) is 7.38. The first-order chi connectivity index (χ1) is 6.75. The molecule has 0 amide bonds. The SMILES string of the molecule is CC1CCSC(c2cccc(F)c2)N1. The van der Waals surface area contributed by atoms with Crippen LogP contribution in [0, 0.1) is 5.82 Å². The van der Waals surface area contributed by atoms with Crippen LogP contribution in [0.1, 0.15) is 24.3 Å². The van der Waals surface area contributed by atoms with Gasteiger partial charge in [-0.05, 0) is 36.8 Å². The Balaban J connectivity index is 2.14. The minimum Gasteiger partial charge on any atom is -0.299 e. The summed E-state index contributed by atoms with van der Waals surface area (Å²) < 4.78 is 13.0. The molecule has 2 rings (SSSR count). The van der Waals surface area contributed by atoms with Crippen LogP contribution >= 0.6 is 11.8 Å². The van der Waals surface area contributed by atoms with Gasteiger partial charge in [-0.3, -0.25) is 5.32 Å². The largest absolute Gasteiger partial charge is 0.299 e. The lowest BCUT2D eigenvalue weighted by Crippen LogP contribution is -2.33. The zero-order valence-corrected chi connectivity index (χ0v) is 8.98. The molecule has 2 atom stereocenters. The lowest BCUT2D eigenvalue weighted by Gasteiger charge is -2.28. The van der Waals surface area contributed by atoms with Gasteiger partial charge in [-0.1, -0.05) is 12.1 Å². The highest BCUT2D eigenvalue weighted by atomic mass is 32.2. The third-order valence-electron chi connectivity index (χ3n) is 2.42. The van der Waals surface area contributed by atoms with E-state index < -0.39 is 0 Å². The maximum atomic E-state index is 13.0. The van der Waals surface area contributed by atoms with Crippen molar-refractivity contribution in [3.05, 3.63) is 35.6 Å². The molecule has 1 aliphatic rings. The molecule has 1 aromatic rings. The monoisotopic (exact) mass is 211 g/mol. The highest BCUT2D eigenvalue weighted by Gasteiger charge is 2.19. The van der Waals surface area contributed by atoms with E-state index in [9.17, 15) is 4.39 Å². The fourth-order valence-electron chi connectivity index (χ4n) is 1.61. The lowest BCUT2D eigenvalue weighted by atomic mass is 10.2. The standard InChI is InChI=1S/C11H14FNS/c1-8-5-6-14-11(13-8)9-3-2-4-10(12)7-9/h2-4,7-8,11,13H,5-6H2,1H3. The summed E-state index contributed by atoms with van der Waals surface area (Å²) in [5.74, 6) is 0.998. The van der Waals surface area contributed by atoms with Gasteiger partial charge in [-0.15, -0.1) is 11.8 Å². The summed E-state index contributed by atoms with van der Waals surface area (Å²) >= 11 is 1.85. The molecule has 1 heterocycles. The molecule has 1 aromatic carbocycles. The summed E-state index contributed by atoms with van der Waals surface area (Å²) in [4.78, 5) is 0. The van der Waals surface area contributed by atoms with Crippen molar-refractivity contribution in [2.75, 3.05) is 5.75 Å². The molecular weight excluding hydrogens is 197 g/mol. The van der Waals surface area contributed by atoms with Crippen LogP contribution in [-0.2, 0) is 0 Å². The molecule has 3 heteroatoms. The molecule has 0 bridgehead atoms. The molecule has 14 heavy (non-hydrogen) atoms. The van der Waals surface area contributed by atoms with Crippen molar-refractivity contribution in [1.82, 2.24) is 5.32 Å². The highest BCUT2D eigenvalue weighted by Crippen LogP contribution is 2.31. The number of rotatable bonds is 1. The summed E-state index contributed by atoms with van der Waals surface area (Å²) in [7, 11) is 0. The van der Waals surface area contributed by atoms with Crippen LogP contribution in [0.5, 0.6) is 0 Å². The Kier molecular flexibility index (Phi) is 3.08. The van der Waals surface area contributed by atoms with E-state index in [-0.39, 0.29) is 11.2 Å². The number of halogens is 1. The number of nitrogens with one attached hydrogen (secondary N) is 1. The van der Waals surface area contributed by atoms with Gasteiger partial charge >= 0.3 is 0 Å². The fourth-order valence-corrected chi connectivity index (χ4v) is 3.01. The van der Waals surface area contributed by atoms with Gasteiger partial charge in [0.25, 0.3) is 0 Å². The molecule has 1 N–H and O–H groups in total. The third kappa shape index (κ3) is 2.28. The molecule has 0 saturated carbocycles. The van der Waals surface area contributed by atoms with Crippen molar-refractivity contribution in [2.24, 2.45) is 0 Å². The minimum atomic E-state index is -0.150. The molecular formula is C11H14FNS. The van der Waals surface area contributed by atoms with Gasteiger partial charge < -0.3 is 0 Å². The lowest BCUT2D eigenvalue weighted by molar-refractivity contribution is 0.510. The van der Waals surface area contributed by atoms with Crippen molar-refractivity contribution in [1.29, 1.82) is 0 Å². The van der Waals surface area contributed by atoms with Crippen molar-refractivity contribution in [3.8, 4) is 0 Å². The van der Waals surface area contributed by atoms with Crippen molar-refractivity contribution >= 4 is 11.8 Å². The Morgan fingerprint density at radius 2 is 2.36 bits per heavy atom. The summed E-state index contributed by atoms with van der Waals surface area (Å²) in [6.07, 6.45) is 1.19. The number of benzene rings is 1. The molecule has 1 fully saturated rings. The van der Waals surface area contributed by atoms with Gasteiger partial charge in [0.2, 0.25) is 0 Å². The molecule has 1 saturated heterocycles. The zero-order valence-electron chi connectivity index (χ0n) is 8.16. The van der Waals surface area contributed by atoms with E-state index in [0.29, 0.717) is 6.04 Å². The van der Waals surface area contributed by atoms with Crippen molar-refractivity contribution in [3.63, 3.8) is 0 Å². The van der Waals surface area contributed by atoms with Gasteiger partial charge in [0.05, 0.1) is 5.37 Å². The first-order valence-corrected chi connectivity index (χ1v) is 5.94. The van der Waals surface area contributed by atoms with Crippen LogP contribution in [0.3, 0.4) is 0 Å². The second-order valence-corrected chi connectivity index (χ2v) is 4.88. The fraction of sp³-hybridized carbons (Fsp3) is 0.455. The Hall–Kier alpha value is -0.540. The van der Waals surface area contributed by atoms with Crippen molar-refractivity contribution in [2.45, 2.75) is 24.8 Å². The highest BCUT2D eigenvalue weighted by molar-refractivity contribution is 7.99. The van der Waals surface area contributed by atoms with Crippen LogP contribution in [0.2, 0.25) is 0 Å². The van der Waals surface area contributed by atoms with E-state index in [2.05, 4.69) is 12.2 Å². The minimum absolute atomic E-state index is 0.150. The van der Waals surface area contributed by atoms with Gasteiger partial charge in [-0.25, -0.2) is 4.39 Å². The van der Waals surface area contributed by atoms with Gasteiger partial charge in [0, 0.05) is 6.04 Å². The average Bonchev–Trinajstić information content (AvgIpc) is 2.18. The summed E-state index contributed by atoms with van der Waals surface area (Å²) in [5.41, 5.74) is 1.04. The topological polar surface area (TPSA) is 12.0 Å². The third-order valence-corrected chi connectivity index (χ3v) is 3.64. The molecule has 0 aliphatic carbocycles. The predicted molar refractivity (Wildman–Crippen MR) is 58.8 cm³/mol. The van der Waals surface area contributed by atoms with Gasteiger partial charge in [-0.2, -0.15) is 0 Å². The maximum absolute atomic E-state index is 13.0. The smallest absolute Gasteiger partial charge is 0.123 e. The Morgan fingerprint density at radius 3 is 3.07 bits per heavy atom. The van der Waals surface area contributed by atoms with Crippen LogP contribution in [0.4, 0.5) is 4.39 Å². The van der Waals surface area contributed by atoms with Gasteiger partial charge in [0.1, 0.15) is 5.82 Å². The molecule has 0 radical (unpaired) electrons. The first kappa shape index (κ1) is 9.99. The summed E-state index contributed by atoms with van der Waals surface area (Å²) in [5, 5.41) is 3.71. The predicted octanol–water partition coefficient (Wildman–Crippen LogP) is 2.94. The van der Waals surface area contributed by atoms with E-state index in [1.807, 2.05) is 17.8 Å². The van der Waals surface area contributed by atoms with E-state index in [4.69, 9.17) is 0 Å². The van der Waals surface area contributed by atoms with Crippen LogP contribution in [0.15, 0.2) is 24.3 Å². The zero-order chi connectivity index (χ0) is 9.97. The van der Waals surface area contributed by atoms with Crippen LogP contribution in [0.25, 0.3) is 0 Å². The maximum Gasteiger partial charge on any atom is 0.123 e. The van der Waals surface area contributed by atoms with E-state index in [1.165, 1.54) is 12.5 Å². The number of hydrogen-bond donors (Lipinski definition) is 1. The van der Waals surface area contributed by atoms with Crippen molar-refractivity contribution < 1.29 is 4.39 Å². The van der Waals surface area contributed by atoms with E-state index in [1.54, 1.807) is 12.1 Å². The molecule has 76 valence electrons. The second kappa shape index (κ2) is 4.32. The molecule has 2 unspecified atom stereocenters. The molecule has 0 aromatic heterocycles. The quantitative estimate of drug-likeness (QED) is 0.766. The number of hydrogen-bond acceptors (Lipinski definition) is 2. The first-order valence-electron chi connectivity index (χ1n) is 4.89. The van der Waals surface area contributed by atoms with Gasteiger partial charge in [0.15, 0.2) is 0 Å². The molecule has 1 aliphatic heterocycles. The Bertz CT molecular complexity index is 316. The van der Waals surface area contributed by atoms with Crippen LogP contribution < -0.4 is 5.32 Å².